The molecule has 0 aromatic heterocycles. The first-order chi connectivity index (χ1) is 2.77. The average Bonchev–Trinajstić information content (AvgIpc) is 1.35. The number of halogens is 1. The fourth-order valence-electron chi connectivity index (χ4n) is 0.265. The van der Waals surface area contributed by atoms with Crippen LogP contribution >= 0.6 is 22.6 Å². The van der Waals surface area contributed by atoms with E-state index >= 15 is 0 Å². The van der Waals surface area contributed by atoms with Crippen LogP contribution in [0.25, 0.3) is 0 Å². The van der Waals surface area contributed by atoms with Gasteiger partial charge in [-0.3, -0.25) is 0 Å². The molecule has 0 bridgehead atoms. The summed E-state index contributed by atoms with van der Waals surface area (Å²) in [5.74, 6) is 0. The van der Waals surface area contributed by atoms with Crippen LogP contribution < -0.4 is 0 Å². The molecule has 0 amide bonds. The van der Waals surface area contributed by atoms with Gasteiger partial charge in [0.2, 0.25) is 0 Å². The van der Waals surface area contributed by atoms with Crippen LogP contribution in [-0.2, 0) is 0 Å². The average molecular weight is 196 g/mol. The molecule has 0 aromatic rings. The van der Waals surface area contributed by atoms with Crippen molar-refractivity contribution in [3.63, 3.8) is 0 Å². The maximum absolute atomic E-state index is 2.36. The molecule has 0 rings (SSSR count). The maximum atomic E-state index is 2.36. The van der Waals surface area contributed by atoms with Crippen LogP contribution in [0, 0.1) is 0 Å². The highest BCUT2D eigenvalue weighted by atomic mass is 127. The van der Waals surface area contributed by atoms with E-state index in [-0.39, 0.29) is 0 Å². The van der Waals surface area contributed by atoms with Crippen molar-refractivity contribution in [2.75, 3.05) is 0 Å². The van der Waals surface area contributed by atoms with E-state index in [1.807, 2.05) is 6.92 Å². The van der Waals surface area contributed by atoms with E-state index in [0.29, 0.717) is 3.92 Å². The van der Waals surface area contributed by atoms with E-state index < -0.39 is 0 Å². The summed E-state index contributed by atoms with van der Waals surface area (Å²) >= 11 is 2.36. The highest BCUT2D eigenvalue weighted by Gasteiger charge is 1.79. The third kappa shape index (κ3) is 4.47. The Morgan fingerprint density at radius 3 is 2.17 bits per heavy atom. The van der Waals surface area contributed by atoms with Gasteiger partial charge in [0.25, 0.3) is 0 Å². The molecule has 36 valence electrons. The molecule has 0 heterocycles. The summed E-state index contributed by atoms with van der Waals surface area (Å²) in [6.07, 6.45) is 4.22. The van der Waals surface area contributed by atoms with Crippen LogP contribution in [0.15, 0.2) is 12.2 Å². The molecule has 0 aliphatic carbocycles. The monoisotopic (exact) mass is 196 g/mol. The Hall–Kier alpha value is 0.470. The summed E-state index contributed by atoms with van der Waals surface area (Å²) in [4.78, 5) is 0. The van der Waals surface area contributed by atoms with Crippen LogP contribution in [0.1, 0.15) is 13.8 Å². The normalized spacial score (nSPS) is 15.8. The van der Waals surface area contributed by atoms with Gasteiger partial charge < -0.3 is 0 Å². The Kier molecular flexibility index (Phi) is 3.94. The highest BCUT2D eigenvalue weighted by Crippen LogP contribution is 1.97. The van der Waals surface area contributed by atoms with Crippen molar-refractivity contribution in [1.82, 2.24) is 0 Å². The third-order valence-corrected chi connectivity index (χ3v) is 0.873. The van der Waals surface area contributed by atoms with Crippen molar-refractivity contribution in [3.8, 4) is 0 Å². The predicted molar refractivity (Wildman–Crippen MR) is 38.3 cm³/mol. The van der Waals surface area contributed by atoms with Gasteiger partial charge in [0.15, 0.2) is 0 Å². The first kappa shape index (κ1) is 6.47. The molecule has 0 aliphatic rings. The van der Waals surface area contributed by atoms with Gasteiger partial charge in [0.05, 0.1) is 0 Å². The highest BCUT2D eigenvalue weighted by molar-refractivity contribution is 14.1. The Morgan fingerprint density at radius 1 is 1.67 bits per heavy atom. The molecule has 0 nitrogen and oxygen atoms in total. The van der Waals surface area contributed by atoms with E-state index in [4.69, 9.17) is 0 Å². The summed E-state index contributed by atoms with van der Waals surface area (Å²) in [5, 5.41) is 0. The lowest BCUT2D eigenvalue weighted by atomic mass is 10.4. The fraction of sp³-hybridized carbons (Fsp3) is 0.600. The van der Waals surface area contributed by atoms with Gasteiger partial charge >= 0.3 is 0 Å². The van der Waals surface area contributed by atoms with Crippen LogP contribution in [0.2, 0.25) is 0 Å². The summed E-state index contributed by atoms with van der Waals surface area (Å²) in [7, 11) is 0. The number of hydrogen-bond acceptors (Lipinski definition) is 0. The number of hydrogen-bond donors (Lipinski definition) is 0. The van der Waals surface area contributed by atoms with Crippen LogP contribution in [-0.4, -0.2) is 3.92 Å². The van der Waals surface area contributed by atoms with Crippen LogP contribution in [0.4, 0.5) is 0 Å². The molecule has 0 radical (unpaired) electrons. The zero-order chi connectivity index (χ0) is 4.99. The molecule has 1 atom stereocenters. The molecule has 0 aromatic carbocycles. The second-order valence-electron chi connectivity index (χ2n) is 1.20. The van der Waals surface area contributed by atoms with Crippen molar-refractivity contribution in [2.24, 2.45) is 0 Å². The zero-order valence-electron chi connectivity index (χ0n) is 4.11. The number of alkyl halides is 1. The summed E-state index contributed by atoms with van der Waals surface area (Å²) in [5.41, 5.74) is 0. The standard InChI is InChI=1S/C5H9I/c1-3-4-5(2)6/h3-5H,1-2H3. The second kappa shape index (κ2) is 3.65. The topological polar surface area (TPSA) is 0 Å². The lowest BCUT2D eigenvalue weighted by Crippen LogP contribution is -1.75. The first-order valence-electron chi connectivity index (χ1n) is 2.04. The SMILES string of the molecule is CC=CC(C)I. The summed E-state index contributed by atoms with van der Waals surface area (Å²) < 4.78 is 0.688. The van der Waals surface area contributed by atoms with E-state index in [2.05, 4.69) is 41.7 Å². The molecule has 0 aliphatic heterocycles. The van der Waals surface area contributed by atoms with Gasteiger partial charge in [-0.05, 0) is 13.8 Å². The molecule has 0 saturated carbocycles. The van der Waals surface area contributed by atoms with Crippen molar-refractivity contribution >= 4 is 22.6 Å². The Balaban J connectivity index is 3.03. The smallest absolute Gasteiger partial charge is 0.0261 e. The van der Waals surface area contributed by atoms with Gasteiger partial charge in [0, 0.05) is 3.92 Å². The van der Waals surface area contributed by atoms with Gasteiger partial charge in [-0.1, -0.05) is 34.7 Å². The second-order valence-corrected chi connectivity index (χ2v) is 3.17. The van der Waals surface area contributed by atoms with Crippen molar-refractivity contribution in [3.05, 3.63) is 12.2 Å². The largest absolute Gasteiger partial charge is 0.0906 e. The third-order valence-electron chi connectivity index (χ3n) is 0.458. The van der Waals surface area contributed by atoms with E-state index in [9.17, 15) is 0 Å². The Labute approximate surface area is 52.8 Å². The predicted octanol–water partition coefficient (Wildman–Crippen LogP) is 2.39. The van der Waals surface area contributed by atoms with Crippen LogP contribution in [0.3, 0.4) is 0 Å². The van der Waals surface area contributed by atoms with E-state index in [1.165, 1.54) is 0 Å². The van der Waals surface area contributed by atoms with Gasteiger partial charge in [-0.2, -0.15) is 0 Å². The quantitative estimate of drug-likeness (QED) is 0.343. The molecule has 0 saturated heterocycles. The minimum absolute atomic E-state index is 0.688. The molecule has 6 heavy (non-hydrogen) atoms. The molecule has 1 heteroatoms. The number of rotatable bonds is 1. The van der Waals surface area contributed by atoms with Gasteiger partial charge in [0.1, 0.15) is 0 Å². The van der Waals surface area contributed by atoms with Gasteiger partial charge in [-0.15, -0.1) is 0 Å². The van der Waals surface area contributed by atoms with Crippen LogP contribution in [0.5, 0.6) is 0 Å². The Bertz CT molecular complexity index is 45.9. The molecule has 0 spiro atoms. The maximum Gasteiger partial charge on any atom is 0.0261 e. The van der Waals surface area contributed by atoms with E-state index in [0.717, 1.165) is 0 Å². The summed E-state index contributed by atoms with van der Waals surface area (Å²) in [6, 6.07) is 0. The minimum Gasteiger partial charge on any atom is -0.0906 e. The minimum atomic E-state index is 0.688. The molecular formula is C5H9I. The van der Waals surface area contributed by atoms with Crippen molar-refractivity contribution in [1.29, 1.82) is 0 Å². The van der Waals surface area contributed by atoms with E-state index in [1.54, 1.807) is 0 Å². The molecule has 0 N–H and O–H groups in total. The first-order valence-corrected chi connectivity index (χ1v) is 3.29. The number of allylic oxidation sites excluding steroid dienone is 2. The summed E-state index contributed by atoms with van der Waals surface area (Å²) in [6.45, 7) is 4.19. The van der Waals surface area contributed by atoms with Gasteiger partial charge in [-0.25, -0.2) is 0 Å². The fourth-order valence-corrected chi connectivity index (χ4v) is 0.680. The molecule has 1 unspecified atom stereocenters. The Morgan fingerprint density at radius 2 is 2.17 bits per heavy atom. The van der Waals surface area contributed by atoms with Crippen molar-refractivity contribution < 1.29 is 0 Å². The zero-order valence-corrected chi connectivity index (χ0v) is 6.27. The lowest BCUT2D eigenvalue weighted by molar-refractivity contribution is 1.29. The molecule has 0 fully saturated rings. The molecular weight excluding hydrogens is 187 g/mol. The van der Waals surface area contributed by atoms with Crippen molar-refractivity contribution in [2.45, 2.75) is 17.8 Å². The lowest BCUT2D eigenvalue weighted by Gasteiger charge is -1.84.